The Morgan fingerprint density at radius 2 is 1.77 bits per heavy atom. The number of nitrogens with zero attached hydrogens (tertiary/aromatic N) is 6. The van der Waals surface area contributed by atoms with E-state index in [0.29, 0.717) is 0 Å². The topological polar surface area (TPSA) is 50.1 Å². The van der Waals surface area contributed by atoms with Crippen molar-refractivity contribution in [2.45, 2.75) is 26.1 Å². The van der Waals surface area contributed by atoms with Crippen LogP contribution in [0.15, 0.2) is 30.7 Å². The lowest BCUT2D eigenvalue weighted by atomic mass is 10.1. The molecule has 1 unspecified atom stereocenters. The highest BCUT2D eigenvalue weighted by molar-refractivity contribution is 5.29. The van der Waals surface area contributed by atoms with Gasteiger partial charge in [0.25, 0.3) is 0 Å². The van der Waals surface area contributed by atoms with Gasteiger partial charge >= 0.3 is 6.18 Å². The minimum atomic E-state index is -4.36. The van der Waals surface area contributed by atoms with Gasteiger partial charge in [0, 0.05) is 51.3 Å². The van der Waals surface area contributed by atoms with Gasteiger partial charge in [-0.1, -0.05) is 6.92 Å². The van der Waals surface area contributed by atoms with Crippen molar-refractivity contribution < 1.29 is 13.2 Å². The Hall–Kier alpha value is -2.16. The first-order valence-electron chi connectivity index (χ1n) is 8.77. The van der Waals surface area contributed by atoms with Crippen LogP contribution in [0.4, 0.5) is 19.1 Å². The van der Waals surface area contributed by atoms with E-state index < -0.39 is 11.9 Å². The zero-order valence-corrected chi connectivity index (χ0v) is 14.7. The maximum atomic E-state index is 12.9. The minimum absolute atomic E-state index is 0.117. The second-order valence-corrected chi connectivity index (χ2v) is 6.67. The van der Waals surface area contributed by atoms with E-state index in [9.17, 15) is 13.2 Å². The number of hydrogen-bond acceptors (Lipinski definition) is 5. The average Bonchev–Trinajstić information content (AvgIpc) is 3.10. The molecule has 0 saturated carbocycles. The molecular weight excluding hydrogens is 345 g/mol. The summed E-state index contributed by atoms with van der Waals surface area (Å²) in [6, 6.07) is 2.82. The second-order valence-electron chi connectivity index (χ2n) is 6.67. The molecule has 1 aliphatic rings. The molecule has 142 valence electrons. The molecule has 6 nitrogen and oxygen atoms in total. The summed E-state index contributed by atoms with van der Waals surface area (Å²) in [5.74, 6) is 0.866. The van der Waals surface area contributed by atoms with E-state index >= 15 is 0 Å². The van der Waals surface area contributed by atoms with Crippen LogP contribution in [0.3, 0.4) is 0 Å². The molecule has 3 rings (SSSR count). The highest BCUT2D eigenvalue weighted by Gasteiger charge is 2.34. The second kappa shape index (κ2) is 8.03. The third-order valence-corrected chi connectivity index (χ3v) is 4.64. The molecule has 9 heteroatoms. The molecule has 1 saturated heterocycles. The van der Waals surface area contributed by atoms with Crippen LogP contribution in [-0.4, -0.2) is 57.4 Å². The summed E-state index contributed by atoms with van der Waals surface area (Å²) in [4.78, 5) is 13.0. The number of halogens is 3. The molecule has 0 N–H and O–H groups in total. The average molecular weight is 368 g/mol. The Kier molecular flexibility index (Phi) is 5.75. The fourth-order valence-corrected chi connectivity index (χ4v) is 3.13. The summed E-state index contributed by atoms with van der Waals surface area (Å²) in [6.45, 7) is 6.63. The molecular formula is C17H23F3N6. The molecule has 0 radical (unpaired) electrons. The van der Waals surface area contributed by atoms with E-state index in [1.165, 1.54) is 6.20 Å². The van der Waals surface area contributed by atoms with Crippen LogP contribution in [0.25, 0.3) is 0 Å². The van der Waals surface area contributed by atoms with Gasteiger partial charge < -0.3 is 4.90 Å². The summed E-state index contributed by atoms with van der Waals surface area (Å²) >= 11 is 0. The Morgan fingerprint density at radius 3 is 2.42 bits per heavy atom. The van der Waals surface area contributed by atoms with Crippen molar-refractivity contribution in [3.8, 4) is 0 Å². The molecule has 3 heterocycles. The van der Waals surface area contributed by atoms with Gasteiger partial charge in [-0.05, 0) is 31.0 Å². The Labute approximate surface area is 150 Å². The lowest BCUT2D eigenvalue weighted by molar-refractivity contribution is -0.144. The number of rotatable bonds is 6. The quantitative estimate of drug-likeness (QED) is 0.784. The van der Waals surface area contributed by atoms with Gasteiger partial charge in [0.05, 0.1) is 0 Å². The maximum Gasteiger partial charge on any atom is 0.433 e. The molecule has 0 aliphatic carbocycles. The predicted octanol–water partition coefficient (Wildman–Crippen LogP) is 2.54. The zero-order valence-electron chi connectivity index (χ0n) is 14.7. The minimum Gasteiger partial charge on any atom is -0.338 e. The number of hydrogen-bond donors (Lipinski definition) is 0. The maximum absolute atomic E-state index is 12.9. The molecule has 26 heavy (non-hydrogen) atoms. The predicted molar refractivity (Wildman–Crippen MR) is 91.7 cm³/mol. The molecule has 2 aromatic rings. The molecule has 1 aliphatic heterocycles. The van der Waals surface area contributed by atoms with E-state index in [1.54, 1.807) is 18.5 Å². The zero-order chi connectivity index (χ0) is 18.6. The molecule has 2 aromatic heterocycles. The number of anilines is 1. The van der Waals surface area contributed by atoms with Crippen LogP contribution >= 0.6 is 0 Å². The number of piperazine rings is 1. The summed E-state index contributed by atoms with van der Waals surface area (Å²) in [5.41, 5.74) is -0.680. The van der Waals surface area contributed by atoms with Crippen molar-refractivity contribution in [1.82, 2.24) is 24.6 Å². The Morgan fingerprint density at radius 1 is 1.08 bits per heavy atom. The first-order chi connectivity index (χ1) is 12.4. The van der Waals surface area contributed by atoms with Gasteiger partial charge in [0.15, 0.2) is 0 Å². The third-order valence-electron chi connectivity index (χ3n) is 4.64. The highest BCUT2D eigenvalue weighted by Crippen LogP contribution is 2.29. The van der Waals surface area contributed by atoms with E-state index in [-0.39, 0.29) is 12.5 Å². The van der Waals surface area contributed by atoms with Gasteiger partial charge in [-0.3, -0.25) is 9.58 Å². The fraction of sp³-hybridized carbons (Fsp3) is 0.588. The monoisotopic (exact) mass is 368 g/mol. The van der Waals surface area contributed by atoms with Crippen molar-refractivity contribution in [3.63, 3.8) is 0 Å². The standard InChI is InChI=1S/C17H23F3N6/c1-14(13-26-15(3-7-23-26)17(18,19)20)4-8-24-9-11-25(12-10-24)16-21-5-2-6-22-16/h2-3,5-7,14H,4,8-13H2,1H3. The van der Waals surface area contributed by atoms with Crippen molar-refractivity contribution in [2.75, 3.05) is 37.6 Å². The van der Waals surface area contributed by atoms with Gasteiger partial charge in [-0.2, -0.15) is 18.3 Å². The molecule has 0 spiro atoms. The van der Waals surface area contributed by atoms with Gasteiger partial charge in [-0.15, -0.1) is 0 Å². The van der Waals surface area contributed by atoms with E-state index in [2.05, 4.69) is 24.9 Å². The molecule has 1 fully saturated rings. The van der Waals surface area contributed by atoms with Crippen molar-refractivity contribution >= 4 is 5.95 Å². The summed E-state index contributed by atoms with van der Waals surface area (Å²) < 4.78 is 39.8. The number of aromatic nitrogens is 4. The van der Waals surface area contributed by atoms with Gasteiger partial charge in [0.1, 0.15) is 5.69 Å². The normalized spacial score (nSPS) is 17.5. The van der Waals surface area contributed by atoms with Crippen molar-refractivity contribution in [2.24, 2.45) is 5.92 Å². The number of alkyl halides is 3. The lowest BCUT2D eigenvalue weighted by Gasteiger charge is -2.35. The van der Waals surface area contributed by atoms with E-state index in [0.717, 1.165) is 55.8 Å². The summed E-state index contributed by atoms with van der Waals surface area (Å²) in [6.07, 6.45) is 1.16. The first kappa shape index (κ1) is 18.6. The van der Waals surface area contributed by atoms with Crippen LogP contribution in [0.2, 0.25) is 0 Å². The molecule has 0 bridgehead atoms. The summed E-state index contributed by atoms with van der Waals surface area (Å²) in [5, 5.41) is 3.82. The molecule has 0 aromatic carbocycles. The SMILES string of the molecule is CC(CCN1CCN(c2ncccn2)CC1)Cn1nccc1C(F)(F)F. The Bertz CT molecular complexity index is 679. The van der Waals surface area contributed by atoms with Crippen LogP contribution in [0, 0.1) is 5.92 Å². The van der Waals surface area contributed by atoms with E-state index in [1.807, 2.05) is 6.92 Å². The third kappa shape index (κ3) is 4.72. The molecule has 0 amide bonds. The van der Waals surface area contributed by atoms with Crippen LogP contribution < -0.4 is 4.90 Å². The fourth-order valence-electron chi connectivity index (χ4n) is 3.13. The van der Waals surface area contributed by atoms with Gasteiger partial charge in [-0.25, -0.2) is 9.97 Å². The lowest BCUT2D eigenvalue weighted by Crippen LogP contribution is -2.47. The smallest absolute Gasteiger partial charge is 0.338 e. The van der Waals surface area contributed by atoms with Crippen LogP contribution in [0.1, 0.15) is 19.0 Å². The largest absolute Gasteiger partial charge is 0.433 e. The van der Waals surface area contributed by atoms with Crippen molar-refractivity contribution in [1.29, 1.82) is 0 Å². The van der Waals surface area contributed by atoms with Crippen LogP contribution in [-0.2, 0) is 12.7 Å². The van der Waals surface area contributed by atoms with E-state index in [4.69, 9.17) is 0 Å². The first-order valence-corrected chi connectivity index (χ1v) is 8.77. The summed E-state index contributed by atoms with van der Waals surface area (Å²) in [7, 11) is 0. The Balaban J connectivity index is 1.43. The van der Waals surface area contributed by atoms with Gasteiger partial charge in [0.2, 0.25) is 5.95 Å². The molecule has 1 atom stereocenters. The van der Waals surface area contributed by atoms with Crippen LogP contribution in [0.5, 0.6) is 0 Å². The van der Waals surface area contributed by atoms with Crippen molar-refractivity contribution in [3.05, 3.63) is 36.4 Å². The highest BCUT2D eigenvalue weighted by atomic mass is 19.4.